The average Bonchev–Trinajstić information content (AvgIpc) is 2.40. The maximum Gasteiger partial charge on any atom is 0.0860 e. The van der Waals surface area contributed by atoms with Gasteiger partial charge in [0, 0.05) is 0 Å². The largest absolute Gasteiger partial charge is 0.388 e. The number of aliphatic hydroxyl groups is 1. The van der Waals surface area contributed by atoms with Crippen molar-refractivity contribution in [3.05, 3.63) is 0 Å². The average molecular weight is 263 g/mol. The molecule has 0 aromatic heterocycles. The van der Waals surface area contributed by atoms with Gasteiger partial charge in [-0.1, -0.05) is 33.1 Å². The van der Waals surface area contributed by atoms with Crippen molar-refractivity contribution < 1.29 is 5.11 Å². The lowest BCUT2D eigenvalue weighted by atomic mass is 9.55. The van der Waals surface area contributed by atoms with Crippen molar-refractivity contribution in [2.75, 3.05) is 0 Å². The lowest BCUT2D eigenvalue weighted by Crippen LogP contribution is -2.53. The molecule has 0 aromatic carbocycles. The summed E-state index contributed by atoms with van der Waals surface area (Å²) < 4.78 is 0. The van der Waals surface area contributed by atoms with Gasteiger partial charge in [-0.3, -0.25) is 0 Å². The molecule has 0 heterocycles. The van der Waals surface area contributed by atoms with E-state index in [0.29, 0.717) is 11.3 Å². The van der Waals surface area contributed by atoms with Crippen LogP contribution in [-0.4, -0.2) is 10.7 Å². The normalized spacial score (nSPS) is 30.3. The molecular weight excluding hydrogens is 234 g/mol. The van der Waals surface area contributed by atoms with Crippen molar-refractivity contribution in [2.45, 2.75) is 84.2 Å². The molecule has 1 unspecified atom stereocenters. The molecule has 0 spiro atoms. The lowest BCUT2D eigenvalue weighted by molar-refractivity contribution is -0.120. The molecule has 108 valence electrons. The summed E-state index contributed by atoms with van der Waals surface area (Å²) in [4.78, 5) is 0. The van der Waals surface area contributed by atoms with E-state index in [4.69, 9.17) is 0 Å². The Bertz CT molecular complexity index is 348. The Balaban J connectivity index is 2.18. The summed E-state index contributed by atoms with van der Waals surface area (Å²) in [5, 5.41) is 20.9. The van der Waals surface area contributed by atoms with E-state index in [-0.39, 0.29) is 0 Å². The summed E-state index contributed by atoms with van der Waals surface area (Å²) >= 11 is 0. The predicted octanol–water partition coefficient (Wildman–Crippen LogP) is 4.43. The van der Waals surface area contributed by atoms with Gasteiger partial charge in [0.15, 0.2) is 0 Å². The molecule has 0 aromatic rings. The summed E-state index contributed by atoms with van der Waals surface area (Å²) in [6.07, 6.45) is 9.76. The van der Waals surface area contributed by atoms with E-state index in [1.165, 1.54) is 19.3 Å². The number of rotatable bonds is 2. The van der Waals surface area contributed by atoms with Crippen molar-refractivity contribution in [3.8, 4) is 6.07 Å². The van der Waals surface area contributed by atoms with Crippen LogP contribution in [0.25, 0.3) is 0 Å². The summed E-state index contributed by atoms with van der Waals surface area (Å²) in [7, 11) is 0. The fourth-order valence-electron chi connectivity index (χ4n) is 4.14. The molecule has 2 rings (SSSR count). The standard InChI is InChI=1S/C17H29NO/c1-15(2)9-11-17(13-18,12-10-15)16(3,19)14-7-5-4-6-8-14/h14,19H,4-12H2,1-3H3. The van der Waals surface area contributed by atoms with Crippen molar-refractivity contribution in [3.63, 3.8) is 0 Å². The monoisotopic (exact) mass is 263 g/mol. The van der Waals surface area contributed by atoms with E-state index in [1.54, 1.807) is 0 Å². The highest BCUT2D eigenvalue weighted by molar-refractivity contribution is 5.14. The van der Waals surface area contributed by atoms with E-state index in [9.17, 15) is 10.4 Å². The molecule has 0 aliphatic heterocycles. The first-order valence-corrected chi connectivity index (χ1v) is 7.97. The lowest BCUT2D eigenvalue weighted by Gasteiger charge is -2.51. The van der Waals surface area contributed by atoms with Gasteiger partial charge in [-0.05, 0) is 56.8 Å². The highest BCUT2D eigenvalue weighted by atomic mass is 16.3. The third-order valence-electron chi connectivity index (χ3n) is 6.04. The second kappa shape index (κ2) is 5.09. The zero-order chi connectivity index (χ0) is 14.1. The molecule has 1 N–H and O–H groups in total. The second-order valence-electron chi connectivity index (χ2n) is 7.84. The van der Waals surface area contributed by atoms with Gasteiger partial charge in [0.05, 0.1) is 17.1 Å². The molecule has 0 saturated heterocycles. The third-order valence-corrected chi connectivity index (χ3v) is 6.04. The highest BCUT2D eigenvalue weighted by Gasteiger charge is 2.54. The van der Waals surface area contributed by atoms with Crippen LogP contribution in [0.2, 0.25) is 0 Å². The van der Waals surface area contributed by atoms with E-state index in [2.05, 4.69) is 19.9 Å². The number of nitrogens with zero attached hydrogens (tertiary/aromatic N) is 1. The van der Waals surface area contributed by atoms with Crippen LogP contribution in [0.3, 0.4) is 0 Å². The fourth-order valence-corrected chi connectivity index (χ4v) is 4.14. The molecule has 0 bridgehead atoms. The predicted molar refractivity (Wildman–Crippen MR) is 77.5 cm³/mol. The zero-order valence-electron chi connectivity index (χ0n) is 12.8. The summed E-state index contributed by atoms with van der Waals surface area (Å²) in [6.45, 7) is 6.51. The van der Waals surface area contributed by atoms with Gasteiger partial charge >= 0.3 is 0 Å². The van der Waals surface area contributed by atoms with Crippen molar-refractivity contribution in [1.82, 2.24) is 0 Å². The van der Waals surface area contributed by atoms with E-state index in [1.807, 2.05) is 6.92 Å². The molecule has 2 fully saturated rings. The Morgan fingerprint density at radius 1 is 1.05 bits per heavy atom. The fraction of sp³-hybridized carbons (Fsp3) is 0.941. The summed E-state index contributed by atoms with van der Waals surface area (Å²) in [5.41, 5.74) is -0.980. The van der Waals surface area contributed by atoms with Crippen molar-refractivity contribution in [1.29, 1.82) is 5.26 Å². The van der Waals surface area contributed by atoms with Gasteiger partial charge in [-0.15, -0.1) is 0 Å². The van der Waals surface area contributed by atoms with Crippen LogP contribution >= 0.6 is 0 Å². The van der Waals surface area contributed by atoms with Crippen LogP contribution in [0.4, 0.5) is 0 Å². The van der Waals surface area contributed by atoms with Gasteiger partial charge in [0.1, 0.15) is 0 Å². The molecule has 0 radical (unpaired) electrons. The first-order valence-electron chi connectivity index (χ1n) is 7.97. The van der Waals surface area contributed by atoms with Crippen LogP contribution < -0.4 is 0 Å². The molecule has 2 aliphatic rings. The van der Waals surface area contributed by atoms with Gasteiger partial charge in [0.2, 0.25) is 0 Å². The Morgan fingerprint density at radius 2 is 1.58 bits per heavy atom. The molecule has 2 saturated carbocycles. The molecule has 2 heteroatoms. The van der Waals surface area contributed by atoms with E-state index >= 15 is 0 Å². The van der Waals surface area contributed by atoms with Crippen molar-refractivity contribution >= 4 is 0 Å². The Morgan fingerprint density at radius 3 is 2.05 bits per heavy atom. The van der Waals surface area contributed by atoms with Crippen molar-refractivity contribution in [2.24, 2.45) is 16.7 Å². The van der Waals surface area contributed by atoms with Crippen LogP contribution in [-0.2, 0) is 0 Å². The number of hydrogen-bond acceptors (Lipinski definition) is 2. The van der Waals surface area contributed by atoms with Crippen LogP contribution in [0.5, 0.6) is 0 Å². The first-order chi connectivity index (χ1) is 8.83. The minimum atomic E-state index is -0.807. The number of nitriles is 1. The van der Waals surface area contributed by atoms with Crippen LogP contribution in [0, 0.1) is 28.1 Å². The second-order valence-corrected chi connectivity index (χ2v) is 7.84. The third kappa shape index (κ3) is 2.68. The molecule has 0 amide bonds. The maximum atomic E-state index is 11.2. The van der Waals surface area contributed by atoms with Gasteiger partial charge < -0.3 is 5.11 Å². The highest BCUT2D eigenvalue weighted by Crippen LogP contribution is 2.54. The topological polar surface area (TPSA) is 44.0 Å². The van der Waals surface area contributed by atoms with Crippen LogP contribution in [0.1, 0.15) is 78.6 Å². The quantitative estimate of drug-likeness (QED) is 0.801. The molecule has 1 atom stereocenters. The van der Waals surface area contributed by atoms with Crippen LogP contribution in [0.15, 0.2) is 0 Å². The number of hydrogen-bond donors (Lipinski definition) is 1. The summed E-state index contributed by atoms with van der Waals surface area (Å²) in [5.74, 6) is 0.321. The van der Waals surface area contributed by atoms with Gasteiger partial charge in [-0.2, -0.15) is 5.26 Å². The molecular formula is C17H29NO. The molecule has 2 nitrogen and oxygen atoms in total. The Hall–Kier alpha value is -0.550. The Kier molecular flexibility index (Phi) is 3.98. The van der Waals surface area contributed by atoms with Gasteiger partial charge in [0.25, 0.3) is 0 Å². The zero-order valence-corrected chi connectivity index (χ0v) is 12.8. The van der Waals surface area contributed by atoms with E-state index in [0.717, 1.165) is 38.5 Å². The van der Waals surface area contributed by atoms with E-state index < -0.39 is 11.0 Å². The summed E-state index contributed by atoms with van der Waals surface area (Å²) in [6, 6.07) is 2.54. The minimum Gasteiger partial charge on any atom is -0.388 e. The molecule has 2 aliphatic carbocycles. The first kappa shape index (κ1) is 14.9. The Labute approximate surface area is 118 Å². The maximum absolute atomic E-state index is 11.2. The SMILES string of the molecule is CC1(C)CCC(C#N)(C(C)(O)C2CCCCC2)CC1. The smallest absolute Gasteiger partial charge is 0.0860 e. The van der Waals surface area contributed by atoms with Gasteiger partial charge in [-0.25, -0.2) is 0 Å². The molecule has 19 heavy (non-hydrogen) atoms. The minimum absolute atomic E-state index is 0.321.